The van der Waals surface area contributed by atoms with Crippen molar-refractivity contribution in [1.82, 2.24) is 4.98 Å². The molecule has 0 radical (unpaired) electrons. The van der Waals surface area contributed by atoms with Gasteiger partial charge in [-0.25, -0.2) is 0 Å². The Morgan fingerprint density at radius 1 is 0.872 bits per heavy atom. The van der Waals surface area contributed by atoms with Crippen LogP contribution < -0.4 is 0 Å². The lowest BCUT2D eigenvalue weighted by Crippen LogP contribution is -2.26. The van der Waals surface area contributed by atoms with E-state index >= 15 is 0 Å². The number of aliphatic carboxylic acids is 1. The Labute approximate surface area is 235 Å². The second-order valence-electron chi connectivity index (χ2n) is 11.0. The number of carbonyl (C=O) groups is 1. The Balaban J connectivity index is 2.06. The van der Waals surface area contributed by atoms with Gasteiger partial charge in [0.25, 0.3) is 0 Å². The summed E-state index contributed by atoms with van der Waals surface area (Å²) in [4.78, 5) is 15.6. The van der Waals surface area contributed by atoms with Gasteiger partial charge < -0.3 is 5.11 Å². The van der Waals surface area contributed by atoms with Crippen molar-refractivity contribution in [2.24, 2.45) is 5.41 Å². The topological polar surface area (TPSA) is 50.2 Å². The highest BCUT2D eigenvalue weighted by Crippen LogP contribution is 2.42. The number of rotatable bonds is 12. The molecule has 2 aromatic carbocycles. The van der Waals surface area contributed by atoms with Gasteiger partial charge in [-0.2, -0.15) is 0 Å². The zero-order chi connectivity index (χ0) is 28.8. The molecule has 1 N–H and O–H groups in total. The minimum atomic E-state index is -0.846. The summed E-state index contributed by atoms with van der Waals surface area (Å²) in [6.45, 7) is 19.6. The number of aryl methyl sites for hydroxylation is 3. The van der Waals surface area contributed by atoms with Crippen LogP contribution in [0.2, 0.25) is 0 Å². The van der Waals surface area contributed by atoms with Gasteiger partial charge in [0.15, 0.2) is 0 Å². The summed E-state index contributed by atoms with van der Waals surface area (Å²) in [6, 6.07) is 13.6. The first-order chi connectivity index (χ1) is 18.6. The summed E-state index contributed by atoms with van der Waals surface area (Å²) >= 11 is 0. The Morgan fingerprint density at radius 2 is 1.49 bits per heavy atom. The molecule has 0 spiro atoms. The summed E-state index contributed by atoms with van der Waals surface area (Å²) in [7, 11) is 0. The fourth-order valence-electron chi connectivity index (χ4n) is 6.08. The van der Waals surface area contributed by atoms with Crippen LogP contribution in [0.1, 0.15) is 92.3 Å². The lowest BCUT2D eigenvalue weighted by molar-refractivity contribution is -0.136. The van der Waals surface area contributed by atoms with Gasteiger partial charge in [-0.1, -0.05) is 76.3 Å². The fraction of sp³-hybridized carbons (Fsp3) is 0.389. The summed E-state index contributed by atoms with van der Waals surface area (Å²) in [5.41, 5.74) is 10.3. The van der Waals surface area contributed by atoms with E-state index in [-0.39, 0.29) is 17.3 Å². The number of carboxylic acids is 1. The fourth-order valence-corrected chi connectivity index (χ4v) is 6.08. The molecule has 0 unspecified atom stereocenters. The third kappa shape index (κ3) is 6.24. The smallest absolute Gasteiger partial charge is 0.307 e. The molecule has 0 atom stereocenters. The highest BCUT2D eigenvalue weighted by Gasteiger charge is 2.32. The van der Waals surface area contributed by atoms with Crippen LogP contribution in [-0.4, -0.2) is 16.1 Å². The lowest BCUT2D eigenvalue weighted by Gasteiger charge is -2.35. The van der Waals surface area contributed by atoms with E-state index < -0.39 is 5.97 Å². The van der Waals surface area contributed by atoms with Gasteiger partial charge in [0.1, 0.15) is 0 Å². The molecule has 1 aromatic heterocycles. The lowest BCUT2D eigenvalue weighted by atomic mass is 9.69. The van der Waals surface area contributed by atoms with Crippen molar-refractivity contribution in [3.63, 3.8) is 0 Å². The zero-order valence-corrected chi connectivity index (χ0v) is 24.9. The van der Waals surface area contributed by atoms with E-state index in [0.717, 1.165) is 36.8 Å². The highest BCUT2D eigenvalue weighted by molar-refractivity contribution is 5.74. The normalized spacial score (nSPS) is 12.2. The first-order valence-electron chi connectivity index (χ1n) is 14.3. The van der Waals surface area contributed by atoms with Gasteiger partial charge in [0, 0.05) is 28.8 Å². The number of hydrogen-bond acceptors (Lipinski definition) is 2. The Morgan fingerprint density at radius 3 is 2.00 bits per heavy atom. The molecule has 3 nitrogen and oxygen atoms in total. The van der Waals surface area contributed by atoms with Crippen LogP contribution in [-0.2, 0) is 16.6 Å². The van der Waals surface area contributed by atoms with Crippen molar-refractivity contribution in [2.45, 2.75) is 86.0 Å². The molecule has 0 aliphatic carbocycles. The Hall–Kier alpha value is -3.46. The van der Waals surface area contributed by atoms with Crippen LogP contribution >= 0.6 is 0 Å². The molecule has 39 heavy (non-hydrogen) atoms. The zero-order valence-electron chi connectivity index (χ0n) is 24.9. The maximum Gasteiger partial charge on any atom is 0.307 e. The molecule has 3 heteroatoms. The third-order valence-electron chi connectivity index (χ3n) is 8.87. The van der Waals surface area contributed by atoms with Gasteiger partial charge >= 0.3 is 5.97 Å². The van der Waals surface area contributed by atoms with E-state index in [0.29, 0.717) is 5.56 Å². The molecule has 0 saturated carbocycles. The molecule has 0 aliphatic heterocycles. The van der Waals surface area contributed by atoms with E-state index in [1.54, 1.807) is 6.20 Å². The van der Waals surface area contributed by atoms with Crippen LogP contribution in [0.4, 0.5) is 0 Å². The number of aromatic nitrogens is 1. The Bertz CT molecular complexity index is 1330. The molecule has 0 amide bonds. The van der Waals surface area contributed by atoms with Crippen molar-refractivity contribution < 1.29 is 9.90 Å². The molecule has 1 heterocycles. The molecule has 3 aromatic rings. The summed E-state index contributed by atoms with van der Waals surface area (Å²) in [5.74, 6) is -0.846. The maximum atomic E-state index is 11.2. The summed E-state index contributed by atoms with van der Waals surface area (Å²) in [5, 5.41) is 9.23. The standard InChI is InChI=1S/C36H45NO2/c1-9-35(10-2,11-3)17-16-29-14-15-31(18-25(29)6)36(12-4,13-5)32-19-26(7)34(27(8)20-32)30-21-28(22-33(38)39)23-37-24-30/h9,14-21,23-24H,1,10-13,22H2,2-8H3,(H,38,39)/b17-16+. The van der Waals surface area contributed by atoms with Gasteiger partial charge in [0.2, 0.25) is 0 Å². The van der Waals surface area contributed by atoms with E-state index in [1.807, 2.05) is 12.3 Å². The second-order valence-corrected chi connectivity index (χ2v) is 11.0. The third-order valence-corrected chi connectivity index (χ3v) is 8.87. The monoisotopic (exact) mass is 523 g/mol. The maximum absolute atomic E-state index is 11.2. The molecular formula is C36H45NO2. The molecule has 0 aliphatic rings. The average molecular weight is 524 g/mol. The molecule has 3 rings (SSSR count). The molecule has 0 bridgehead atoms. The van der Waals surface area contributed by atoms with Crippen molar-refractivity contribution >= 4 is 12.0 Å². The quantitative estimate of drug-likeness (QED) is 0.241. The van der Waals surface area contributed by atoms with Crippen molar-refractivity contribution in [1.29, 1.82) is 0 Å². The van der Waals surface area contributed by atoms with E-state index in [1.165, 1.54) is 33.4 Å². The van der Waals surface area contributed by atoms with Gasteiger partial charge in [0.05, 0.1) is 6.42 Å². The van der Waals surface area contributed by atoms with E-state index in [4.69, 9.17) is 0 Å². The van der Waals surface area contributed by atoms with Crippen LogP contribution in [0.3, 0.4) is 0 Å². The summed E-state index contributed by atoms with van der Waals surface area (Å²) < 4.78 is 0. The predicted octanol–water partition coefficient (Wildman–Crippen LogP) is 9.41. The van der Waals surface area contributed by atoms with Crippen LogP contribution in [0, 0.1) is 26.2 Å². The largest absolute Gasteiger partial charge is 0.481 e. The number of hydrogen-bond donors (Lipinski definition) is 1. The number of carboxylic acid groups (broad SMARTS) is 1. The van der Waals surface area contributed by atoms with Crippen molar-refractivity contribution in [3.05, 3.63) is 106 Å². The second kappa shape index (κ2) is 12.6. The first-order valence-corrected chi connectivity index (χ1v) is 14.3. The number of pyridine rings is 1. The number of benzene rings is 2. The highest BCUT2D eigenvalue weighted by atomic mass is 16.4. The first kappa shape index (κ1) is 30.1. The van der Waals surface area contributed by atoms with Gasteiger partial charge in [-0.15, -0.1) is 6.58 Å². The van der Waals surface area contributed by atoms with Gasteiger partial charge in [-0.3, -0.25) is 9.78 Å². The van der Waals surface area contributed by atoms with Crippen LogP contribution in [0.5, 0.6) is 0 Å². The minimum Gasteiger partial charge on any atom is -0.481 e. The SMILES string of the molecule is C=CC(/C=C/c1ccc(C(CC)(CC)c2cc(C)c(-c3cncc(CC(=O)O)c3)c(C)c2)cc1C)(CC)CC. The molecule has 0 fully saturated rings. The summed E-state index contributed by atoms with van der Waals surface area (Å²) in [6.07, 6.45) is 14.2. The predicted molar refractivity (Wildman–Crippen MR) is 165 cm³/mol. The van der Waals surface area contributed by atoms with E-state index in [9.17, 15) is 9.90 Å². The van der Waals surface area contributed by atoms with Crippen LogP contribution in [0.15, 0.2) is 67.5 Å². The van der Waals surface area contributed by atoms with Crippen LogP contribution in [0.25, 0.3) is 17.2 Å². The van der Waals surface area contributed by atoms with Gasteiger partial charge in [-0.05, 0) is 97.0 Å². The van der Waals surface area contributed by atoms with Crippen molar-refractivity contribution in [3.8, 4) is 11.1 Å². The molecule has 206 valence electrons. The van der Waals surface area contributed by atoms with Crippen molar-refractivity contribution in [2.75, 3.05) is 0 Å². The molecular weight excluding hydrogens is 478 g/mol. The number of allylic oxidation sites excluding steroid dienone is 2. The van der Waals surface area contributed by atoms with E-state index in [2.05, 4.69) is 109 Å². The Kier molecular flexibility index (Phi) is 9.72. The molecule has 0 saturated heterocycles. The number of nitrogens with zero attached hydrogens (tertiary/aromatic N) is 1. The minimum absolute atomic E-state index is 0.0260. The average Bonchev–Trinajstić information content (AvgIpc) is 2.91.